The van der Waals surface area contributed by atoms with Gasteiger partial charge in [-0.05, 0) is 60.4 Å². The van der Waals surface area contributed by atoms with Crippen LogP contribution in [0.25, 0.3) is 0 Å². The maximum atomic E-state index is 13.9. The quantitative estimate of drug-likeness (QED) is 0.181. The second-order valence-electron chi connectivity index (χ2n) is 11.1. The molecule has 6 heteroatoms. The van der Waals surface area contributed by atoms with Crippen molar-refractivity contribution in [3.8, 4) is 0 Å². The summed E-state index contributed by atoms with van der Waals surface area (Å²) in [5, 5.41) is 0. The lowest BCUT2D eigenvalue weighted by Gasteiger charge is -2.45. The van der Waals surface area contributed by atoms with Crippen LogP contribution in [0.4, 0.5) is 5.69 Å². The number of carbonyl (C=O) groups excluding carboxylic acids is 4. The van der Waals surface area contributed by atoms with E-state index in [1.54, 1.807) is 31.2 Å². The van der Waals surface area contributed by atoms with E-state index in [1.165, 1.54) is 17.0 Å². The zero-order chi connectivity index (χ0) is 28.4. The first-order valence-corrected chi connectivity index (χ1v) is 13.8. The number of ketones is 1. The Morgan fingerprint density at radius 2 is 1.10 bits per heavy atom. The van der Waals surface area contributed by atoms with E-state index in [-0.39, 0.29) is 35.0 Å². The molecule has 1 saturated heterocycles. The highest BCUT2D eigenvalue weighted by Gasteiger charge is 2.61. The second-order valence-corrected chi connectivity index (χ2v) is 11.1. The van der Waals surface area contributed by atoms with Gasteiger partial charge in [0.2, 0.25) is 17.6 Å². The smallest absolute Gasteiger partial charge is 0.338 e. The lowest BCUT2D eigenvalue weighted by atomic mass is 9.55. The van der Waals surface area contributed by atoms with Gasteiger partial charge in [-0.15, -0.1) is 0 Å². The third-order valence-corrected chi connectivity index (χ3v) is 8.80. The van der Waals surface area contributed by atoms with Crippen LogP contribution < -0.4 is 4.90 Å². The molecule has 3 aliphatic carbocycles. The SMILES string of the molecule is Cc1ccc(C(=O)[C@H](C)OC(=O)c2ccc(N3C(=O)[C@@H]4C5c6ccccc6C(c6ccccc65)[C@@H]4C3=O)cc2)cc1. The molecule has 202 valence electrons. The molecule has 4 aromatic rings. The number of nitrogens with zero attached hydrogens (tertiary/aromatic N) is 1. The van der Waals surface area contributed by atoms with Gasteiger partial charge in [0.25, 0.3) is 0 Å². The van der Waals surface area contributed by atoms with Gasteiger partial charge in [-0.25, -0.2) is 9.69 Å². The highest BCUT2D eigenvalue weighted by molar-refractivity contribution is 6.23. The van der Waals surface area contributed by atoms with Crippen LogP contribution in [0.3, 0.4) is 0 Å². The van der Waals surface area contributed by atoms with Crippen molar-refractivity contribution < 1.29 is 23.9 Å². The van der Waals surface area contributed by atoms with Crippen LogP contribution in [0.15, 0.2) is 97.1 Å². The van der Waals surface area contributed by atoms with Crippen molar-refractivity contribution in [2.75, 3.05) is 4.90 Å². The van der Waals surface area contributed by atoms with Crippen LogP contribution >= 0.6 is 0 Å². The Balaban J connectivity index is 1.14. The maximum absolute atomic E-state index is 13.9. The molecule has 41 heavy (non-hydrogen) atoms. The summed E-state index contributed by atoms with van der Waals surface area (Å²) in [5.41, 5.74) is 6.62. The summed E-state index contributed by atoms with van der Waals surface area (Å²) in [7, 11) is 0. The maximum Gasteiger partial charge on any atom is 0.338 e. The zero-order valence-corrected chi connectivity index (χ0v) is 22.6. The number of aryl methyl sites for hydroxylation is 1. The number of carbonyl (C=O) groups is 4. The van der Waals surface area contributed by atoms with Crippen molar-refractivity contribution in [2.45, 2.75) is 31.8 Å². The summed E-state index contributed by atoms with van der Waals surface area (Å²) in [4.78, 5) is 54.7. The molecule has 0 N–H and O–H groups in total. The van der Waals surface area contributed by atoms with Crippen molar-refractivity contribution in [3.05, 3.63) is 136 Å². The van der Waals surface area contributed by atoms with Crippen LogP contribution in [0.1, 0.15) is 67.3 Å². The molecule has 0 unspecified atom stereocenters. The largest absolute Gasteiger partial charge is 0.451 e. The van der Waals surface area contributed by atoms with Crippen LogP contribution in [-0.2, 0) is 14.3 Å². The fourth-order valence-electron chi connectivity index (χ4n) is 6.91. The molecule has 2 amide bonds. The number of hydrogen-bond donors (Lipinski definition) is 0. The third kappa shape index (κ3) is 3.78. The zero-order valence-electron chi connectivity index (χ0n) is 22.6. The molecule has 1 aliphatic heterocycles. The molecular formula is C35H27NO5. The molecule has 0 aromatic heterocycles. The number of imide groups is 1. The fraction of sp³-hybridized carbons (Fsp3) is 0.200. The summed E-state index contributed by atoms with van der Waals surface area (Å²) in [6.07, 6.45) is -0.964. The van der Waals surface area contributed by atoms with E-state index >= 15 is 0 Å². The standard InChI is InChI=1S/C35H27NO5/c1-19-11-13-21(14-12-19)32(37)20(2)41-35(40)22-15-17-23(18-16-22)36-33(38)30-28-24-7-3-4-8-25(24)29(31(30)34(36)39)27-10-6-5-9-26(27)28/h3-18,20,28-31H,1-2H3/t20-,28?,29?,30-,31+/m0/s1. The van der Waals surface area contributed by atoms with E-state index in [9.17, 15) is 19.2 Å². The third-order valence-electron chi connectivity index (χ3n) is 8.80. The van der Waals surface area contributed by atoms with Gasteiger partial charge in [-0.1, -0.05) is 78.4 Å². The Bertz CT molecular complexity index is 1620. The minimum absolute atomic E-state index is 0.180. The molecule has 4 aliphatic rings. The molecule has 1 heterocycles. The van der Waals surface area contributed by atoms with Crippen LogP contribution in [0.5, 0.6) is 0 Å². The first-order chi connectivity index (χ1) is 19.8. The van der Waals surface area contributed by atoms with Gasteiger partial charge >= 0.3 is 5.97 Å². The molecule has 1 fully saturated rings. The van der Waals surface area contributed by atoms with Crippen LogP contribution in [0.2, 0.25) is 0 Å². The lowest BCUT2D eigenvalue weighted by Crippen LogP contribution is -2.41. The van der Waals surface area contributed by atoms with Crippen molar-refractivity contribution in [3.63, 3.8) is 0 Å². The van der Waals surface area contributed by atoms with Gasteiger partial charge in [-0.3, -0.25) is 14.4 Å². The summed E-state index contributed by atoms with van der Waals surface area (Å²) in [5.74, 6) is -2.69. The number of esters is 1. The minimum Gasteiger partial charge on any atom is -0.451 e. The first kappa shape index (κ1) is 25.1. The number of amides is 2. The fourth-order valence-corrected chi connectivity index (χ4v) is 6.91. The van der Waals surface area contributed by atoms with Gasteiger partial charge < -0.3 is 4.74 Å². The topological polar surface area (TPSA) is 80.8 Å². The Labute approximate surface area is 237 Å². The van der Waals surface area contributed by atoms with Crippen molar-refractivity contribution in [1.29, 1.82) is 0 Å². The highest BCUT2D eigenvalue weighted by atomic mass is 16.5. The van der Waals surface area contributed by atoms with Gasteiger partial charge in [0.05, 0.1) is 23.1 Å². The molecule has 0 spiro atoms. The molecular weight excluding hydrogens is 514 g/mol. The number of anilines is 1. The second kappa shape index (κ2) is 9.37. The van der Waals surface area contributed by atoms with Crippen LogP contribution in [-0.4, -0.2) is 29.7 Å². The average Bonchev–Trinajstić information content (AvgIpc) is 3.27. The summed E-state index contributed by atoms with van der Waals surface area (Å²) < 4.78 is 5.44. The van der Waals surface area contributed by atoms with E-state index in [0.717, 1.165) is 27.8 Å². The predicted molar refractivity (Wildman–Crippen MR) is 153 cm³/mol. The molecule has 3 atom stereocenters. The summed E-state index contributed by atoms with van der Waals surface area (Å²) in [6, 6.07) is 29.6. The summed E-state index contributed by atoms with van der Waals surface area (Å²) in [6.45, 7) is 3.48. The Morgan fingerprint density at radius 3 is 1.56 bits per heavy atom. The van der Waals surface area contributed by atoms with E-state index in [0.29, 0.717) is 11.3 Å². The molecule has 0 saturated carbocycles. The van der Waals surface area contributed by atoms with Crippen molar-refractivity contribution >= 4 is 29.3 Å². The van der Waals surface area contributed by atoms with Crippen molar-refractivity contribution in [1.82, 2.24) is 0 Å². The average molecular weight is 542 g/mol. The highest BCUT2D eigenvalue weighted by Crippen LogP contribution is 2.61. The van der Waals surface area contributed by atoms with E-state index < -0.39 is 23.9 Å². The van der Waals surface area contributed by atoms with Gasteiger partial charge in [0.15, 0.2) is 6.10 Å². The van der Waals surface area contributed by atoms with Gasteiger partial charge in [-0.2, -0.15) is 0 Å². The Kier molecular flexibility index (Phi) is 5.75. The van der Waals surface area contributed by atoms with E-state index in [4.69, 9.17) is 4.74 Å². The molecule has 0 radical (unpaired) electrons. The van der Waals surface area contributed by atoms with Crippen LogP contribution in [0, 0.1) is 18.8 Å². The number of rotatable bonds is 5. The van der Waals surface area contributed by atoms with E-state index in [2.05, 4.69) is 24.3 Å². The van der Waals surface area contributed by atoms with Gasteiger partial charge in [0, 0.05) is 17.4 Å². The molecule has 4 aromatic carbocycles. The number of benzene rings is 4. The first-order valence-electron chi connectivity index (χ1n) is 13.8. The predicted octanol–water partition coefficient (Wildman–Crippen LogP) is 5.82. The number of ether oxygens (including phenoxy) is 1. The lowest BCUT2D eigenvalue weighted by molar-refractivity contribution is -0.122. The molecule has 8 rings (SSSR count). The van der Waals surface area contributed by atoms with Gasteiger partial charge in [0.1, 0.15) is 0 Å². The number of Topliss-reactive ketones (excluding diaryl/α,β-unsaturated/α-hetero) is 1. The molecule has 6 nitrogen and oxygen atoms in total. The van der Waals surface area contributed by atoms with Crippen molar-refractivity contribution in [2.24, 2.45) is 11.8 Å². The Morgan fingerprint density at radius 1 is 0.659 bits per heavy atom. The normalized spacial score (nSPS) is 22.5. The Hall–Kier alpha value is -4.84. The number of hydrogen-bond acceptors (Lipinski definition) is 5. The molecule has 2 bridgehead atoms. The monoisotopic (exact) mass is 541 g/mol. The minimum atomic E-state index is -0.964. The summed E-state index contributed by atoms with van der Waals surface area (Å²) >= 11 is 0. The van der Waals surface area contributed by atoms with E-state index in [1.807, 2.05) is 43.3 Å².